The van der Waals surface area contributed by atoms with Crippen LogP contribution in [0.1, 0.15) is 27.0 Å². The fourth-order valence-corrected chi connectivity index (χ4v) is 2.67. The third-order valence-corrected chi connectivity index (χ3v) is 3.73. The Hall–Kier alpha value is -2.13. The van der Waals surface area contributed by atoms with Crippen LogP contribution < -0.4 is 11.1 Å². The summed E-state index contributed by atoms with van der Waals surface area (Å²) in [6, 6.07) is 16.0. The van der Waals surface area contributed by atoms with E-state index in [1.165, 1.54) is 11.1 Å². The number of benzene rings is 2. The summed E-state index contributed by atoms with van der Waals surface area (Å²) in [6.07, 6.45) is 1.79. The zero-order valence-corrected chi connectivity index (χ0v) is 11.3. The third-order valence-electron chi connectivity index (χ3n) is 3.73. The van der Waals surface area contributed by atoms with Gasteiger partial charge in [0.1, 0.15) is 0 Å². The highest BCUT2D eigenvalue weighted by atomic mass is 16.1. The van der Waals surface area contributed by atoms with Crippen molar-refractivity contribution in [2.24, 2.45) is 5.73 Å². The van der Waals surface area contributed by atoms with Crippen LogP contribution in [0.3, 0.4) is 0 Å². The maximum Gasteiger partial charge on any atom is 0.251 e. The first-order valence-electron chi connectivity index (χ1n) is 6.92. The summed E-state index contributed by atoms with van der Waals surface area (Å²) in [5.41, 5.74) is 10.3. The normalized spacial score (nSPS) is 16.8. The van der Waals surface area contributed by atoms with E-state index in [2.05, 4.69) is 5.32 Å². The van der Waals surface area contributed by atoms with Gasteiger partial charge in [-0.1, -0.05) is 36.4 Å². The summed E-state index contributed by atoms with van der Waals surface area (Å²) in [4.78, 5) is 12.2. The number of carbonyl (C=O) groups is 1. The molecule has 1 aliphatic rings. The number of hydrogen-bond donors (Lipinski definition) is 2. The molecule has 3 rings (SSSR count). The van der Waals surface area contributed by atoms with Crippen molar-refractivity contribution in [3.05, 3.63) is 70.8 Å². The lowest BCUT2D eigenvalue weighted by Crippen LogP contribution is -2.22. The van der Waals surface area contributed by atoms with Crippen molar-refractivity contribution in [1.82, 2.24) is 5.32 Å². The second kappa shape index (κ2) is 5.47. The summed E-state index contributed by atoms with van der Waals surface area (Å²) in [5.74, 6) is -0.0304. The molecule has 1 unspecified atom stereocenters. The third kappa shape index (κ3) is 2.73. The van der Waals surface area contributed by atoms with E-state index in [0.29, 0.717) is 12.1 Å². The van der Waals surface area contributed by atoms with E-state index in [0.717, 1.165) is 18.4 Å². The van der Waals surface area contributed by atoms with Crippen LogP contribution in [-0.2, 0) is 19.4 Å². The quantitative estimate of drug-likeness (QED) is 0.893. The zero-order chi connectivity index (χ0) is 13.9. The van der Waals surface area contributed by atoms with Gasteiger partial charge >= 0.3 is 0 Å². The van der Waals surface area contributed by atoms with Gasteiger partial charge < -0.3 is 11.1 Å². The Morgan fingerprint density at radius 2 is 1.85 bits per heavy atom. The van der Waals surface area contributed by atoms with Crippen LogP contribution in [0.4, 0.5) is 0 Å². The molecule has 0 bridgehead atoms. The molecule has 0 fully saturated rings. The molecule has 0 spiro atoms. The van der Waals surface area contributed by atoms with Crippen LogP contribution in [0.15, 0.2) is 48.5 Å². The average Bonchev–Trinajstić information content (AvgIpc) is 2.85. The first kappa shape index (κ1) is 12.9. The zero-order valence-electron chi connectivity index (χ0n) is 11.3. The molecule has 102 valence electrons. The van der Waals surface area contributed by atoms with E-state index in [-0.39, 0.29) is 11.9 Å². The Morgan fingerprint density at radius 3 is 2.65 bits per heavy atom. The number of nitrogens with two attached hydrogens (primary N) is 1. The lowest BCUT2D eigenvalue weighted by molar-refractivity contribution is 0.0951. The highest BCUT2D eigenvalue weighted by molar-refractivity contribution is 5.94. The maximum atomic E-state index is 12.2. The molecule has 3 nitrogen and oxygen atoms in total. The van der Waals surface area contributed by atoms with Gasteiger partial charge in [-0.05, 0) is 41.7 Å². The standard InChI is InChI=1S/C17H18N2O/c18-16-9-13-6-7-14(8-15(13)10-16)17(20)19-11-12-4-2-1-3-5-12/h1-8,16H,9-11,18H2,(H,19,20). The number of fused-ring (bicyclic) bond motifs is 1. The van der Waals surface area contributed by atoms with Crippen LogP contribution in [0.2, 0.25) is 0 Å². The second-order valence-corrected chi connectivity index (χ2v) is 5.32. The molecular formula is C17H18N2O. The van der Waals surface area contributed by atoms with E-state index in [1.807, 2.05) is 48.5 Å². The molecule has 20 heavy (non-hydrogen) atoms. The van der Waals surface area contributed by atoms with Crippen molar-refractivity contribution in [2.45, 2.75) is 25.4 Å². The van der Waals surface area contributed by atoms with Gasteiger partial charge in [-0.15, -0.1) is 0 Å². The van der Waals surface area contributed by atoms with Crippen molar-refractivity contribution in [1.29, 1.82) is 0 Å². The summed E-state index contributed by atoms with van der Waals surface area (Å²) < 4.78 is 0. The Bertz CT molecular complexity index is 622. The lowest BCUT2D eigenvalue weighted by Gasteiger charge is -2.07. The number of amides is 1. The molecule has 1 atom stereocenters. The smallest absolute Gasteiger partial charge is 0.251 e. The Morgan fingerprint density at radius 1 is 1.10 bits per heavy atom. The van der Waals surface area contributed by atoms with Crippen LogP contribution in [0.25, 0.3) is 0 Å². The van der Waals surface area contributed by atoms with Gasteiger partial charge in [0, 0.05) is 18.2 Å². The molecule has 1 amide bonds. The van der Waals surface area contributed by atoms with E-state index in [1.54, 1.807) is 0 Å². The minimum Gasteiger partial charge on any atom is -0.348 e. The molecular weight excluding hydrogens is 248 g/mol. The molecule has 0 radical (unpaired) electrons. The molecule has 3 N–H and O–H groups in total. The summed E-state index contributed by atoms with van der Waals surface area (Å²) in [6.45, 7) is 0.552. The van der Waals surface area contributed by atoms with Crippen LogP contribution in [0.5, 0.6) is 0 Å². The fourth-order valence-electron chi connectivity index (χ4n) is 2.67. The van der Waals surface area contributed by atoms with Gasteiger partial charge in [-0.2, -0.15) is 0 Å². The SMILES string of the molecule is NC1Cc2ccc(C(=O)NCc3ccccc3)cc2C1. The number of nitrogens with one attached hydrogen (secondary N) is 1. The van der Waals surface area contributed by atoms with E-state index >= 15 is 0 Å². The lowest BCUT2D eigenvalue weighted by atomic mass is 10.1. The first-order chi connectivity index (χ1) is 9.72. The monoisotopic (exact) mass is 266 g/mol. The average molecular weight is 266 g/mol. The Kier molecular flexibility index (Phi) is 3.52. The summed E-state index contributed by atoms with van der Waals surface area (Å²) in [5, 5.41) is 2.95. The minimum atomic E-state index is -0.0304. The molecule has 0 heterocycles. The van der Waals surface area contributed by atoms with Crippen molar-refractivity contribution in [3.8, 4) is 0 Å². The molecule has 3 heteroatoms. The minimum absolute atomic E-state index is 0.0304. The fraction of sp³-hybridized carbons (Fsp3) is 0.235. The van der Waals surface area contributed by atoms with E-state index in [4.69, 9.17) is 5.73 Å². The Balaban J connectivity index is 1.68. The second-order valence-electron chi connectivity index (χ2n) is 5.32. The molecule has 2 aromatic rings. The van der Waals surface area contributed by atoms with E-state index < -0.39 is 0 Å². The van der Waals surface area contributed by atoms with Gasteiger partial charge in [0.05, 0.1) is 0 Å². The molecule has 0 aromatic heterocycles. The maximum absolute atomic E-state index is 12.2. The predicted molar refractivity (Wildman–Crippen MR) is 79.4 cm³/mol. The highest BCUT2D eigenvalue weighted by Crippen LogP contribution is 2.22. The van der Waals surface area contributed by atoms with Gasteiger partial charge in [0.25, 0.3) is 5.91 Å². The van der Waals surface area contributed by atoms with E-state index in [9.17, 15) is 4.79 Å². The molecule has 0 aliphatic heterocycles. The van der Waals surface area contributed by atoms with Gasteiger partial charge in [0.15, 0.2) is 0 Å². The number of rotatable bonds is 3. The van der Waals surface area contributed by atoms with Crippen LogP contribution >= 0.6 is 0 Å². The summed E-state index contributed by atoms with van der Waals surface area (Å²) in [7, 11) is 0. The van der Waals surface area contributed by atoms with Crippen molar-refractivity contribution in [2.75, 3.05) is 0 Å². The molecule has 0 saturated heterocycles. The van der Waals surface area contributed by atoms with Crippen LogP contribution in [0, 0.1) is 0 Å². The summed E-state index contributed by atoms with van der Waals surface area (Å²) >= 11 is 0. The number of hydrogen-bond acceptors (Lipinski definition) is 2. The largest absolute Gasteiger partial charge is 0.348 e. The van der Waals surface area contributed by atoms with Gasteiger partial charge in [-0.25, -0.2) is 0 Å². The topological polar surface area (TPSA) is 55.1 Å². The highest BCUT2D eigenvalue weighted by Gasteiger charge is 2.19. The molecule has 0 saturated carbocycles. The van der Waals surface area contributed by atoms with Crippen molar-refractivity contribution < 1.29 is 4.79 Å². The molecule has 2 aromatic carbocycles. The van der Waals surface area contributed by atoms with Crippen molar-refractivity contribution >= 4 is 5.91 Å². The van der Waals surface area contributed by atoms with Crippen LogP contribution in [-0.4, -0.2) is 11.9 Å². The van der Waals surface area contributed by atoms with Gasteiger partial charge in [-0.3, -0.25) is 4.79 Å². The number of carbonyl (C=O) groups excluding carboxylic acids is 1. The van der Waals surface area contributed by atoms with Gasteiger partial charge in [0.2, 0.25) is 0 Å². The first-order valence-corrected chi connectivity index (χ1v) is 6.92. The van der Waals surface area contributed by atoms with Crippen molar-refractivity contribution in [3.63, 3.8) is 0 Å². The predicted octanol–water partition coefficient (Wildman–Crippen LogP) is 2.04. The molecule has 1 aliphatic carbocycles. The Labute approximate surface area is 118 Å².